The lowest BCUT2D eigenvalue weighted by molar-refractivity contribution is 0.0764. The van der Waals surface area contributed by atoms with E-state index in [-0.39, 0.29) is 17.5 Å². The van der Waals surface area contributed by atoms with Gasteiger partial charge in [0.1, 0.15) is 0 Å². The smallest absolute Gasteiger partial charge is 0.260 e. The maximum Gasteiger partial charge on any atom is 0.260 e. The van der Waals surface area contributed by atoms with Crippen LogP contribution in [0.4, 0.5) is 0 Å². The minimum Gasteiger partial charge on any atom is -0.337 e. The molecular weight excluding hydrogens is 340 g/mol. The van der Waals surface area contributed by atoms with Crippen molar-refractivity contribution in [2.45, 2.75) is 25.3 Å². The van der Waals surface area contributed by atoms with Gasteiger partial charge < -0.3 is 9.88 Å². The van der Waals surface area contributed by atoms with Crippen LogP contribution in [0.25, 0.3) is 0 Å². The molecule has 1 aromatic heterocycles. The summed E-state index contributed by atoms with van der Waals surface area (Å²) < 4.78 is 26.6. The van der Waals surface area contributed by atoms with Crippen LogP contribution in [-0.4, -0.2) is 59.7 Å². The largest absolute Gasteiger partial charge is 0.337 e. The quantitative estimate of drug-likeness (QED) is 0.898. The van der Waals surface area contributed by atoms with E-state index in [0.29, 0.717) is 31.6 Å². The van der Waals surface area contributed by atoms with Crippen molar-refractivity contribution in [2.24, 2.45) is 0 Å². The maximum atomic E-state index is 12.7. The predicted octanol–water partition coefficient (Wildman–Crippen LogP) is 1.56. The van der Waals surface area contributed by atoms with Gasteiger partial charge in [-0.15, -0.1) is 0 Å². The average Bonchev–Trinajstić information content (AvgIpc) is 3.02. The Kier molecular flexibility index (Phi) is 4.91. The van der Waals surface area contributed by atoms with Gasteiger partial charge in [-0.25, -0.2) is 13.4 Å². The van der Waals surface area contributed by atoms with Gasteiger partial charge in [-0.05, 0) is 43.5 Å². The molecule has 0 spiro atoms. The molecule has 0 atom stereocenters. The Balaban J connectivity index is 1.73. The molecule has 0 radical (unpaired) electrons. The number of sulfonamides is 1. The first kappa shape index (κ1) is 17.6. The Hall–Kier alpha value is -2.19. The van der Waals surface area contributed by atoms with E-state index >= 15 is 0 Å². The molecule has 3 rings (SSSR count). The second-order valence-corrected chi connectivity index (χ2v) is 8.17. The summed E-state index contributed by atoms with van der Waals surface area (Å²) in [7, 11) is -3.59. The fourth-order valence-corrected chi connectivity index (χ4v) is 4.28. The molecule has 2 aromatic rings. The van der Waals surface area contributed by atoms with Gasteiger partial charge >= 0.3 is 0 Å². The lowest BCUT2D eigenvalue weighted by atomic mass is 10.1. The highest BCUT2D eigenvalue weighted by molar-refractivity contribution is 7.89. The van der Waals surface area contributed by atoms with Crippen molar-refractivity contribution in [2.75, 3.05) is 26.2 Å². The van der Waals surface area contributed by atoms with Crippen molar-refractivity contribution in [3.8, 4) is 0 Å². The van der Waals surface area contributed by atoms with Crippen LogP contribution in [-0.2, 0) is 10.0 Å². The fourth-order valence-electron chi connectivity index (χ4n) is 2.92. The van der Waals surface area contributed by atoms with E-state index in [1.165, 1.54) is 16.8 Å². The normalized spacial score (nSPS) is 16.6. The van der Waals surface area contributed by atoms with Gasteiger partial charge in [0.15, 0.2) is 5.03 Å². The van der Waals surface area contributed by atoms with Crippen LogP contribution in [0.1, 0.15) is 27.9 Å². The van der Waals surface area contributed by atoms with Crippen LogP contribution in [0, 0.1) is 13.8 Å². The van der Waals surface area contributed by atoms with E-state index < -0.39 is 10.0 Å². The zero-order valence-electron chi connectivity index (χ0n) is 14.4. The van der Waals surface area contributed by atoms with Crippen LogP contribution in [0.2, 0.25) is 0 Å². The van der Waals surface area contributed by atoms with Crippen molar-refractivity contribution in [3.05, 3.63) is 47.4 Å². The first-order valence-corrected chi connectivity index (χ1v) is 9.68. The number of hydrogen-bond acceptors (Lipinski definition) is 4. The molecule has 0 unspecified atom stereocenters. The Morgan fingerprint density at radius 2 is 1.92 bits per heavy atom. The Morgan fingerprint density at radius 1 is 1.12 bits per heavy atom. The van der Waals surface area contributed by atoms with E-state index in [9.17, 15) is 13.2 Å². The van der Waals surface area contributed by atoms with Gasteiger partial charge in [0.05, 0.1) is 12.5 Å². The van der Waals surface area contributed by atoms with Gasteiger partial charge in [0.2, 0.25) is 0 Å². The minimum atomic E-state index is -3.59. The summed E-state index contributed by atoms with van der Waals surface area (Å²) in [5, 5.41) is 0.0847. The van der Waals surface area contributed by atoms with E-state index in [4.69, 9.17) is 0 Å². The number of H-pyrrole nitrogens is 1. The molecule has 2 heterocycles. The third kappa shape index (κ3) is 3.59. The van der Waals surface area contributed by atoms with Crippen molar-refractivity contribution in [3.63, 3.8) is 0 Å². The zero-order valence-corrected chi connectivity index (χ0v) is 15.2. The van der Waals surface area contributed by atoms with E-state index in [2.05, 4.69) is 9.97 Å². The topological polar surface area (TPSA) is 86.4 Å². The number of amides is 1. The minimum absolute atomic E-state index is 0.0520. The summed E-state index contributed by atoms with van der Waals surface area (Å²) in [5.41, 5.74) is 2.86. The maximum absolute atomic E-state index is 12.7. The van der Waals surface area contributed by atoms with Crippen molar-refractivity contribution >= 4 is 15.9 Å². The first-order valence-electron chi connectivity index (χ1n) is 8.24. The molecular formula is C17H22N4O3S. The van der Waals surface area contributed by atoms with Crippen molar-refractivity contribution in [1.29, 1.82) is 0 Å². The summed E-state index contributed by atoms with van der Waals surface area (Å²) >= 11 is 0. The summed E-state index contributed by atoms with van der Waals surface area (Å²) in [4.78, 5) is 20.9. The number of aromatic amines is 1. The zero-order chi connectivity index (χ0) is 18.0. The summed E-state index contributed by atoms with van der Waals surface area (Å²) in [5.74, 6) is -0.0520. The molecule has 0 bridgehead atoms. The summed E-state index contributed by atoms with van der Waals surface area (Å²) in [6.07, 6.45) is 3.25. The molecule has 134 valence electrons. The van der Waals surface area contributed by atoms with E-state index in [0.717, 1.165) is 11.1 Å². The molecule has 1 amide bonds. The third-order valence-electron chi connectivity index (χ3n) is 4.59. The molecule has 0 saturated carbocycles. The van der Waals surface area contributed by atoms with E-state index in [1.54, 1.807) is 4.90 Å². The number of rotatable bonds is 3. The molecule has 25 heavy (non-hydrogen) atoms. The molecule has 0 aliphatic carbocycles. The van der Waals surface area contributed by atoms with Gasteiger partial charge in [-0.3, -0.25) is 4.79 Å². The van der Waals surface area contributed by atoms with Gasteiger partial charge in [-0.2, -0.15) is 4.31 Å². The monoisotopic (exact) mass is 362 g/mol. The Labute approximate surface area is 147 Å². The second kappa shape index (κ2) is 6.97. The van der Waals surface area contributed by atoms with Crippen LogP contribution in [0.3, 0.4) is 0 Å². The predicted molar refractivity (Wildman–Crippen MR) is 93.8 cm³/mol. The average molecular weight is 362 g/mol. The number of aromatic nitrogens is 2. The van der Waals surface area contributed by atoms with Crippen LogP contribution >= 0.6 is 0 Å². The number of carbonyl (C=O) groups excluding carboxylic acids is 1. The highest BCUT2D eigenvalue weighted by Crippen LogP contribution is 2.17. The van der Waals surface area contributed by atoms with Gasteiger partial charge in [-0.1, -0.05) is 6.07 Å². The Bertz CT molecular complexity index is 862. The Morgan fingerprint density at radius 3 is 2.60 bits per heavy atom. The lowest BCUT2D eigenvalue weighted by Gasteiger charge is -2.22. The molecule has 1 fully saturated rings. The molecule has 1 saturated heterocycles. The lowest BCUT2D eigenvalue weighted by Crippen LogP contribution is -2.37. The molecule has 7 nitrogen and oxygen atoms in total. The summed E-state index contributed by atoms with van der Waals surface area (Å²) in [6, 6.07) is 5.66. The first-order chi connectivity index (χ1) is 11.9. The summed E-state index contributed by atoms with van der Waals surface area (Å²) in [6.45, 7) is 5.57. The second-order valence-electron chi connectivity index (χ2n) is 6.26. The number of imidazole rings is 1. The highest BCUT2D eigenvalue weighted by atomic mass is 32.2. The number of nitrogens with one attached hydrogen (secondary N) is 1. The number of nitrogens with zero attached hydrogens (tertiary/aromatic N) is 3. The molecule has 1 aliphatic rings. The number of benzene rings is 1. The standard InChI is InChI=1S/C17H22N4O3S/c1-13-4-5-15(10-14(13)2)17(22)20-6-3-7-21(9-8-20)25(23,24)16-11-18-12-19-16/h4-5,10-12H,3,6-9H2,1-2H3,(H,18,19). The van der Waals surface area contributed by atoms with Gasteiger partial charge in [0.25, 0.3) is 15.9 Å². The molecule has 8 heteroatoms. The highest BCUT2D eigenvalue weighted by Gasteiger charge is 2.29. The third-order valence-corrected chi connectivity index (χ3v) is 6.41. The molecule has 1 N–H and O–H groups in total. The van der Waals surface area contributed by atoms with Crippen LogP contribution in [0.5, 0.6) is 0 Å². The molecule has 1 aromatic carbocycles. The van der Waals surface area contributed by atoms with E-state index in [1.807, 2.05) is 32.0 Å². The fraction of sp³-hybridized carbons (Fsp3) is 0.412. The van der Waals surface area contributed by atoms with Crippen molar-refractivity contribution in [1.82, 2.24) is 19.2 Å². The molecule has 1 aliphatic heterocycles. The SMILES string of the molecule is Cc1ccc(C(=O)N2CCCN(S(=O)(=O)c3cnc[nH]3)CC2)cc1C. The number of carbonyl (C=O) groups is 1. The number of aryl methyl sites for hydroxylation is 2. The van der Waals surface area contributed by atoms with Crippen molar-refractivity contribution < 1.29 is 13.2 Å². The number of hydrogen-bond donors (Lipinski definition) is 1. The van der Waals surface area contributed by atoms with Gasteiger partial charge in [0, 0.05) is 31.7 Å². The van der Waals surface area contributed by atoms with Crippen LogP contribution < -0.4 is 0 Å². The van der Waals surface area contributed by atoms with Crippen LogP contribution in [0.15, 0.2) is 35.7 Å².